The Morgan fingerprint density at radius 1 is 1.43 bits per heavy atom. The van der Waals surface area contributed by atoms with Crippen LogP contribution < -0.4 is 0 Å². The van der Waals surface area contributed by atoms with Crippen molar-refractivity contribution in [3.05, 3.63) is 32.4 Å². The average Bonchev–Trinajstić information content (AvgIpc) is 2.51. The quantitative estimate of drug-likeness (QED) is 0.710. The Morgan fingerprint density at radius 3 is 2.67 bits per heavy atom. The summed E-state index contributed by atoms with van der Waals surface area (Å²) in [6.07, 6.45) is 0.816. The number of hydrogen-bond donors (Lipinski definition) is 0. The molecule has 1 atom stereocenters. The smallest absolute Gasteiger partial charge is 0.255 e. The highest BCUT2D eigenvalue weighted by atomic mass is 127. The molecule has 1 aliphatic rings. The van der Waals surface area contributed by atoms with Gasteiger partial charge in [0.2, 0.25) is 0 Å². The molecule has 112 valence electrons. The van der Waals surface area contributed by atoms with Gasteiger partial charge in [0.1, 0.15) is 0 Å². The zero-order chi connectivity index (χ0) is 15.4. The molecule has 0 N–H and O–H groups in total. The van der Waals surface area contributed by atoms with E-state index in [2.05, 4.69) is 33.6 Å². The van der Waals surface area contributed by atoms with E-state index in [1.54, 1.807) is 12.1 Å². The molecule has 1 aliphatic heterocycles. The monoisotopic (exact) mass is 417 g/mol. The second kappa shape index (κ2) is 7.43. The average molecular weight is 418 g/mol. The van der Waals surface area contributed by atoms with Crippen molar-refractivity contribution in [2.45, 2.75) is 19.4 Å². The number of halogens is 2. The first kappa shape index (κ1) is 16.5. The second-order valence-corrected chi connectivity index (χ2v) is 6.60. The Labute approximate surface area is 143 Å². The third-order valence-corrected chi connectivity index (χ3v) is 4.91. The van der Waals surface area contributed by atoms with Crippen LogP contribution in [0, 0.1) is 14.9 Å². The van der Waals surface area contributed by atoms with Gasteiger partial charge in [-0.3, -0.25) is 9.69 Å². The Bertz CT molecular complexity index is 565. The van der Waals surface area contributed by atoms with E-state index < -0.39 is 0 Å². The molecule has 1 unspecified atom stereocenters. The zero-order valence-corrected chi connectivity index (χ0v) is 14.8. The molecule has 2 rings (SSSR count). The number of hydrogen-bond acceptors (Lipinski definition) is 3. The van der Waals surface area contributed by atoms with Crippen LogP contribution in [-0.2, 0) is 0 Å². The summed E-state index contributed by atoms with van der Waals surface area (Å²) in [5.41, 5.74) is 0.656. The van der Waals surface area contributed by atoms with Gasteiger partial charge in [0.15, 0.2) is 0 Å². The lowest BCUT2D eigenvalue weighted by Gasteiger charge is -2.36. The summed E-state index contributed by atoms with van der Waals surface area (Å²) >= 11 is 8.14. The lowest BCUT2D eigenvalue weighted by atomic mass is 10.1. The molecule has 1 heterocycles. The maximum Gasteiger partial charge on any atom is 0.255 e. The Kier molecular flexibility index (Phi) is 5.85. The van der Waals surface area contributed by atoms with Crippen molar-refractivity contribution in [1.82, 2.24) is 9.80 Å². The van der Waals surface area contributed by atoms with Crippen LogP contribution >= 0.6 is 34.2 Å². The molecule has 1 amide bonds. The van der Waals surface area contributed by atoms with Crippen molar-refractivity contribution in [3.63, 3.8) is 0 Å². The van der Waals surface area contributed by atoms with Crippen molar-refractivity contribution in [2.75, 3.05) is 26.2 Å². The highest BCUT2D eigenvalue weighted by Gasteiger charge is 2.26. The van der Waals surface area contributed by atoms with E-state index in [0.29, 0.717) is 23.7 Å². The number of amides is 1. The minimum absolute atomic E-state index is 0.0200. The molecule has 1 aromatic carbocycles. The van der Waals surface area contributed by atoms with Gasteiger partial charge in [-0.2, -0.15) is 5.26 Å². The molecule has 6 heteroatoms. The second-order valence-electron chi connectivity index (χ2n) is 5.01. The molecule has 0 bridgehead atoms. The fourth-order valence-corrected chi connectivity index (χ4v) is 3.24. The first-order chi connectivity index (χ1) is 10.1. The van der Waals surface area contributed by atoms with E-state index in [0.717, 1.165) is 23.1 Å². The summed E-state index contributed by atoms with van der Waals surface area (Å²) in [5.74, 6) is 0.0200. The van der Waals surface area contributed by atoms with E-state index in [4.69, 9.17) is 16.9 Å². The lowest BCUT2D eigenvalue weighted by molar-refractivity contribution is 0.0603. The summed E-state index contributed by atoms with van der Waals surface area (Å²) in [7, 11) is 0. The minimum Gasteiger partial charge on any atom is -0.336 e. The molecule has 0 saturated carbocycles. The third kappa shape index (κ3) is 3.87. The summed E-state index contributed by atoms with van der Waals surface area (Å²) in [6.45, 7) is 4.81. The van der Waals surface area contributed by atoms with E-state index >= 15 is 0 Å². The first-order valence-corrected chi connectivity index (χ1v) is 8.40. The fourth-order valence-electron chi connectivity index (χ4n) is 2.50. The zero-order valence-electron chi connectivity index (χ0n) is 11.9. The molecule has 1 fully saturated rings. The molecular formula is C15H17ClIN3O. The van der Waals surface area contributed by atoms with Crippen LogP contribution in [0.2, 0.25) is 5.02 Å². The van der Waals surface area contributed by atoms with Crippen LogP contribution in [0.15, 0.2) is 18.2 Å². The number of nitrogens with zero attached hydrogens (tertiary/aromatic N) is 3. The maximum atomic E-state index is 12.6. The Morgan fingerprint density at radius 2 is 2.10 bits per heavy atom. The van der Waals surface area contributed by atoms with Crippen LogP contribution in [0.1, 0.15) is 23.7 Å². The van der Waals surface area contributed by atoms with E-state index in [9.17, 15) is 4.79 Å². The number of piperazine rings is 1. The molecule has 1 aromatic rings. The molecule has 21 heavy (non-hydrogen) atoms. The van der Waals surface area contributed by atoms with E-state index in [-0.39, 0.29) is 11.9 Å². The van der Waals surface area contributed by atoms with Gasteiger partial charge in [-0.05, 0) is 47.2 Å². The van der Waals surface area contributed by atoms with Crippen molar-refractivity contribution < 1.29 is 4.79 Å². The highest BCUT2D eigenvalue weighted by Crippen LogP contribution is 2.20. The first-order valence-electron chi connectivity index (χ1n) is 6.94. The SMILES string of the molecule is CCC(C#N)N1CCN(C(=O)c2cc(Cl)ccc2I)CC1. The van der Waals surface area contributed by atoms with Gasteiger partial charge in [-0.25, -0.2) is 0 Å². The van der Waals surface area contributed by atoms with Gasteiger partial charge in [0, 0.05) is 34.8 Å². The van der Waals surface area contributed by atoms with Crippen LogP contribution in [-0.4, -0.2) is 47.9 Å². The summed E-state index contributed by atoms with van der Waals surface area (Å²) in [5, 5.41) is 9.69. The van der Waals surface area contributed by atoms with Gasteiger partial charge in [-0.1, -0.05) is 18.5 Å². The maximum absolute atomic E-state index is 12.6. The Hall–Kier alpha value is -0.840. The predicted molar refractivity (Wildman–Crippen MR) is 91.3 cm³/mol. The lowest BCUT2D eigenvalue weighted by Crippen LogP contribution is -2.51. The van der Waals surface area contributed by atoms with Crippen molar-refractivity contribution >= 4 is 40.1 Å². The summed E-state index contributed by atoms with van der Waals surface area (Å²) in [4.78, 5) is 16.6. The number of carbonyl (C=O) groups is 1. The van der Waals surface area contributed by atoms with Crippen LogP contribution in [0.25, 0.3) is 0 Å². The number of benzene rings is 1. The van der Waals surface area contributed by atoms with Crippen LogP contribution in [0.4, 0.5) is 0 Å². The van der Waals surface area contributed by atoms with Crippen LogP contribution in [0.5, 0.6) is 0 Å². The van der Waals surface area contributed by atoms with Gasteiger partial charge < -0.3 is 4.90 Å². The number of carbonyl (C=O) groups excluding carboxylic acids is 1. The van der Waals surface area contributed by atoms with Gasteiger partial charge in [-0.15, -0.1) is 0 Å². The van der Waals surface area contributed by atoms with Gasteiger partial charge in [0.25, 0.3) is 5.91 Å². The van der Waals surface area contributed by atoms with Crippen molar-refractivity contribution in [3.8, 4) is 6.07 Å². The number of rotatable bonds is 3. The molecule has 0 radical (unpaired) electrons. The van der Waals surface area contributed by atoms with Crippen LogP contribution in [0.3, 0.4) is 0 Å². The number of nitriles is 1. The summed E-state index contributed by atoms with van der Waals surface area (Å²) in [6, 6.07) is 7.64. The van der Waals surface area contributed by atoms with Crippen molar-refractivity contribution in [1.29, 1.82) is 5.26 Å². The molecule has 0 aliphatic carbocycles. The standard InChI is InChI=1S/C15H17ClIN3O/c1-2-12(10-18)19-5-7-20(8-6-19)15(21)13-9-11(16)3-4-14(13)17/h3-4,9,12H,2,5-8H2,1H3. The molecule has 0 aromatic heterocycles. The minimum atomic E-state index is -0.0476. The molecule has 1 saturated heterocycles. The Balaban J connectivity index is 2.04. The topological polar surface area (TPSA) is 47.3 Å². The fraction of sp³-hybridized carbons (Fsp3) is 0.467. The van der Waals surface area contributed by atoms with Gasteiger partial charge in [0.05, 0.1) is 17.7 Å². The van der Waals surface area contributed by atoms with Crippen molar-refractivity contribution in [2.24, 2.45) is 0 Å². The normalized spacial score (nSPS) is 17.3. The molecule has 0 spiro atoms. The molecular weight excluding hydrogens is 401 g/mol. The predicted octanol–water partition coefficient (Wildman–Crippen LogP) is 3.00. The van der Waals surface area contributed by atoms with Gasteiger partial charge >= 0.3 is 0 Å². The summed E-state index contributed by atoms with van der Waals surface area (Å²) < 4.78 is 0.910. The largest absolute Gasteiger partial charge is 0.336 e. The van der Waals surface area contributed by atoms with E-state index in [1.165, 1.54) is 0 Å². The van der Waals surface area contributed by atoms with E-state index in [1.807, 2.05) is 17.9 Å². The molecule has 4 nitrogen and oxygen atoms in total. The third-order valence-electron chi connectivity index (χ3n) is 3.74. The highest BCUT2D eigenvalue weighted by molar-refractivity contribution is 14.1.